The van der Waals surface area contributed by atoms with Crippen LogP contribution in [0.5, 0.6) is 5.75 Å². The van der Waals surface area contributed by atoms with Crippen LogP contribution in [0.15, 0.2) is 48.5 Å². The van der Waals surface area contributed by atoms with E-state index in [1.54, 1.807) is 11.3 Å². The molecule has 0 atom stereocenters. The van der Waals surface area contributed by atoms with Gasteiger partial charge >= 0.3 is 0 Å². The summed E-state index contributed by atoms with van der Waals surface area (Å²) in [5, 5.41) is 1.05. The van der Waals surface area contributed by atoms with Gasteiger partial charge in [0.05, 0.1) is 16.8 Å². The molecule has 0 unspecified atom stereocenters. The Morgan fingerprint density at radius 3 is 2.71 bits per heavy atom. The highest BCUT2D eigenvalue weighted by atomic mass is 32.1. The zero-order chi connectivity index (χ0) is 14.5. The summed E-state index contributed by atoms with van der Waals surface area (Å²) in [6, 6.07) is 16.3. The molecule has 3 aromatic rings. The van der Waals surface area contributed by atoms with Crippen LogP contribution >= 0.6 is 11.3 Å². The van der Waals surface area contributed by atoms with Crippen LogP contribution in [0.4, 0.5) is 0 Å². The van der Waals surface area contributed by atoms with E-state index in [0.29, 0.717) is 6.61 Å². The van der Waals surface area contributed by atoms with E-state index in [0.717, 1.165) is 45.9 Å². The summed E-state index contributed by atoms with van der Waals surface area (Å²) in [5.74, 6) is 0.905. The molecule has 0 saturated heterocycles. The lowest BCUT2D eigenvalue weighted by Crippen LogP contribution is -2.03. The summed E-state index contributed by atoms with van der Waals surface area (Å²) in [6.07, 6.45) is 1.99. The molecule has 21 heavy (non-hydrogen) atoms. The van der Waals surface area contributed by atoms with E-state index in [9.17, 15) is 0 Å². The average molecular weight is 298 g/mol. The first-order valence-electron chi connectivity index (χ1n) is 7.16. The minimum absolute atomic E-state index is 0.715. The van der Waals surface area contributed by atoms with E-state index >= 15 is 0 Å². The fourth-order valence-electron chi connectivity index (χ4n) is 2.14. The minimum atomic E-state index is 0.715. The summed E-state index contributed by atoms with van der Waals surface area (Å²) >= 11 is 1.70. The molecule has 2 aromatic carbocycles. The highest BCUT2D eigenvalue weighted by Gasteiger charge is 2.07. The van der Waals surface area contributed by atoms with Crippen molar-refractivity contribution < 1.29 is 4.74 Å². The van der Waals surface area contributed by atoms with Crippen molar-refractivity contribution in [3.8, 4) is 16.3 Å². The predicted molar refractivity (Wildman–Crippen MR) is 88.8 cm³/mol. The first kappa shape index (κ1) is 14.0. The van der Waals surface area contributed by atoms with Crippen molar-refractivity contribution in [1.29, 1.82) is 0 Å². The molecule has 3 nitrogen and oxygen atoms in total. The fourth-order valence-corrected chi connectivity index (χ4v) is 3.13. The maximum absolute atomic E-state index is 5.75. The third kappa shape index (κ3) is 3.40. The number of hydrogen-bond acceptors (Lipinski definition) is 4. The molecular weight excluding hydrogens is 280 g/mol. The molecule has 1 heterocycles. The molecule has 0 saturated carbocycles. The van der Waals surface area contributed by atoms with Crippen LogP contribution in [0.2, 0.25) is 0 Å². The Kier molecular flexibility index (Phi) is 4.48. The van der Waals surface area contributed by atoms with Gasteiger partial charge in [0.25, 0.3) is 0 Å². The normalized spacial score (nSPS) is 10.9. The largest absolute Gasteiger partial charge is 0.494 e. The molecule has 0 aliphatic carbocycles. The molecule has 1 aromatic heterocycles. The summed E-state index contributed by atoms with van der Waals surface area (Å²) in [6.45, 7) is 1.44. The molecule has 0 spiro atoms. The number of fused-ring (bicyclic) bond motifs is 1. The smallest absolute Gasteiger partial charge is 0.124 e. The van der Waals surface area contributed by atoms with E-state index in [1.807, 2.05) is 30.3 Å². The number of nitrogens with zero attached hydrogens (tertiary/aromatic N) is 1. The maximum atomic E-state index is 5.75. The number of hydrogen-bond donors (Lipinski definition) is 1. The Morgan fingerprint density at radius 2 is 1.90 bits per heavy atom. The number of benzene rings is 2. The summed E-state index contributed by atoms with van der Waals surface area (Å²) in [4.78, 5) is 4.68. The Hall–Kier alpha value is -1.91. The van der Waals surface area contributed by atoms with Crippen molar-refractivity contribution in [2.75, 3.05) is 13.2 Å². The van der Waals surface area contributed by atoms with Crippen LogP contribution in [0.25, 0.3) is 20.8 Å². The Bertz CT molecular complexity index is 709. The molecule has 0 aliphatic rings. The van der Waals surface area contributed by atoms with Crippen LogP contribution in [-0.4, -0.2) is 18.1 Å². The standard InChI is InChI=1S/C17H18N2OS/c18-10-4-5-11-20-14-8-9-15-16(12-14)21-17(19-15)13-6-2-1-3-7-13/h1-3,6-9,12H,4-5,10-11,18H2. The zero-order valence-electron chi connectivity index (χ0n) is 11.8. The number of unbranched alkanes of at least 4 members (excludes halogenated alkanes) is 1. The quantitative estimate of drug-likeness (QED) is 0.697. The molecule has 0 amide bonds. The van der Waals surface area contributed by atoms with Crippen LogP contribution in [0.1, 0.15) is 12.8 Å². The third-order valence-corrected chi connectivity index (χ3v) is 4.32. The van der Waals surface area contributed by atoms with E-state index in [-0.39, 0.29) is 0 Å². The van der Waals surface area contributed by atoms with Gasteiger partial charge in [0, 0.05) is 5.56 Å². The second-order valence-corrected chi connectivity index (χ2v) is 5.89. The monoisotopic (exact) mass is 298 g/mol. The Balaban J connectivity index is 1.79. The van der Waals surface area contributed by atoms with E-state index in [1.165, 1.54) is 0 Å². The van der Waals surface area contributed by atoms with Gasteiger partial charge in [-0.25, -0.2) is 4.98 Å². The molecule has 108 valence electrons. The predicted octanol–water partition coefficient (Wildman–Crippen LogP) is 4.08. The Morgan fingerprint density at radius 1 is 1.05 bits per heavy atom. The maximum Gasteiger partial charge on any atom is 0.124 e. The minimum Gasteiger partial charge on any atom is -0.494 e. The van der Waals surface area contributed by atoms with Crippen molar-refractivity contribution in [1.82, 2.24) is 4.98 Å². The molecule has 3 rings (SSSR count). The highest BCUT2D eigenvalue weighted by Crippen LogP contribution is 2.32. The molecule has 0 aliphatic heterocycles. The molecule has 0 radical (unpaired) electrons. The summed E-state index contributed by atoms with van der Waals surface area (Å²) in [5.41, 5.74) is 7.66. The van der Waals surface area contributed by atoms with E-state index in [2.05, 4.69) is 23.2 Å². The van der Waals surface area contributed by atoms with Crippen LogP contribution in [0, 0.1) is 0 Å². The zero-order valence-corrected chi connectivity index (χ0v) is 12.6. The van der Waals surface area contributed by atoms with Gasteiger partial charge < -0.3 is 10.5 Å². The van der Waals surface area contributed by atoms with Gasteiger partial charge in [0.2, 0.25) is 0 Å². The molecular formula is C17H18N2OS. The second-order valence-electron chi connectivity index (χ2n) is 4.86. The van der Waals surface area contributed by atoms with E-state index < -0.39 is 0 Å². The van der Waals surface area contributed by atoms with Gasteiger partial charge in [-0.2, -0.15) is 0 Å². The van der Waals surface area contributed by atoms with Crippen LogP contribution in [-0.2, 0) is 0 Å². The lowest BCUT2D eigenvalue weighted by atomic mass is 10.2. The van der Waals surface area contributed by atoms with Crippen LogP contribution in [0.3, 0.4) is 0 Å². The van der Waals surface area contributed by atoms with Crippen molar-refractivity contribution in [3.05, 3.63) is 48.5 Å². The SMILES string of the molecule is NCCCCOc1ccc2nc(-c3ccccc3)sc2c1. The lowest BCUT2D eigenvalue weighted by molar-refractivity contribution is 0.308. The molecule has 2 N–H and O–H groups in total. The Labute approximate surface area is 128 Å². The van der Waals surface area contributed by atoms with Crippen LogP contribution < -0.4 is 10.5 Å². The first-order chi connectivity index (χ1) is 10.4. The van der Waals surface area contributed by atoms with Gasteiger partial charge in [0.1, 0.15) is 10.8 Å². The number of rotatable bonds is 6. The average Bonchev–Trinajstić information content (AvgIpc) is 2.96. The molecule has 0 fully saturated rings. The van der Waals surface area contributed by atoms with Gasteiger partial charge in [-0.15, -0.1) is 11.3 Å². The van der Waals surface area contributed by atoms with Crippen molar-refractivity contribution in [2.24, 2.45) is 5.73 Å². The number of aromatic nitrogens is 1. The highest BCUT2D eigenvalue weighted by molar-refractivity contribution is 7.21. The topological polar surface area (TPSA) is 48.1 Å². The molecule has 0 bridgehead atoms. The van der Waals surface area contributed by atoms with Crippen molar-refractivity contribution in [3.63, 3.8) is 0 Å². The van der Waals surface area contributed by atoms with Crippen molar-refractivity contribution >= 4 is 21.6 Å². The van der Waals surface area contributed by atoms with Crippen molar-refractivity contribution in [2.45, 2.75) is 12.8 Å². The first-order valence-corrected chi connectivity index (χ1v) is 7.97. The number of ether oxygens (including phenoxy) is 1. The lowest BCUT2D eigenvalue weighted by Gasteiger charge is -2.04. The van der Waals surface area contributed by atoms with Gasteiger partial charge in [-0.1, -0.05) is 30.3 Å². The number of thiazole rings is 1. The fraction of sp³-hybridized carbons (Fsp3) is 0.235. The van der Waals surface area contributed by atoms with Gasteiger partial charge in [0.15, 0.2) is 0 Å². The second kappa shape index (κ2) is 6.70. The van der Waals surface area contributed by atoms with Gasteiger partial charge in [-0.3, -0.25) is 0 Å². The van der Waals surface area contributed by atoms with E-state index in [4.69, 9.17) is 10.5 Å². The third-order valence-electron chi connectivity index (χ3n) is 3.25. The summed E-state index contributed by atoms with van der Waals surface area (Å²) in [7, 11) is 0. The number of nitrogens with two attached hydrogens (primary N) is 1. The van der Waals surface area contributed by atoms with Gasteiger partial charge in [-0.05, 0) is 37.6 Å². The molecule has 4 heteroatoms. The summed E-state index contributed by atoms with van der Waals surface area (Å²) < 4.78 is 6.91.